The number of piperidine rings is 1. The topological polar surface area (TPSA) is 29.3 Å². The first kappa shape index (κ1) is 13.4. The molecular formula is C15H30N2. The minimum atomic E-state index is 0.791. The molecule has 1 heterocycles. The molecule has 0 aromatic rings. The zero-order chi connectivity index (χ0) is 12.3. The third-order valence-electron chi connectivity index (χ3n) is 5.19. The molecule has 100 valence electrons. The monoisotopic (exact) mass is 238 g/mol. The predicted molar refractivity (Wildman–Crippen MR) is 74.0 cm³/mol. The van der Waals surface area contributed by atoms with Crippen molar-refractivity contribution < 1.29 is 0 Å². The molecule has 1 aliphatic carbocycles. The van der Waals surface area contributed by atoms with Crippen LogP contribution in [0.5, 0.6) is 0 Å². The number of nitrogens with two attached hydrogens (primary N) is 1. The molecule has 4 unspecified atom stereocenters. The Morgan fingerprint density at radius 3 is 2.06 bits per heavy atom. The molecule has 0 aromatic carbocycles. The molecule has 2 nitrogen and oxygen atoms in total. The molecule has 2 N–H and O–H groups in total. The van der Waals surface area contributed by atoms with Crippen molar-refractivity contribution >= 4 is 0 Å². The Bertz CT molecular complexity index is 219. The highest BCUT2D eigenvalue weighted by molar-refractivity contribution is 4.85. The molecule has 0 aromatic heterocycles. The van der Waals surface area contributed by atoms with Crippen LogP contribution in [-0.4, -0.2) is 30.1 Å². The lowest BCUT2D eigenvalue weighted by Gasteiger charge is -2.43. The molecule has 0 amide bonds. The van der Waals surface area contributed by atoms with Crippen LogP contribution in [-0.2, 0) is 0 Å². The number of hydrogen-bond acceptors (Lipinski definition) is 2. The molecule has 2 fully saturated rings. The summed E-state index contributed by atoms with van der Waals surface area (Å²) in [5, 5.41) is 0. The highest BCUT2D eigenvalue weighted by Gasteiger charge is 2.31. The fraction of sp³-hybridized carbons (Fsp3) is 1.00. The molecule has 1 aliphatic heterocycles. The smallest absolute Gasteiger partial charge is 0.00698 e. The van der Waals surface area contributed by atoms with Crippen LogP contribution in [0.15, 0.2) is 0 Å². The molecule has 2 aliphatic rings. The Morgan fingerprint density at radius 1 is 0.882 bits per heavy atom. The highest BCUT2D eigenvalue weighted by atomic mass is 15.2. The first-order valence-corrected chi connectivity index (χ1v) is 7.68. The van der Waals surface area contributed by atoms with Gasteiger partial charge in [0.15, 0.2) is 0 Å². The molecule has 0 spiro atoms. The van der Waals surface area contributed by atoms with E-state index in [1.807, 2.05) is 0 Å². The van der Waals surface area contributed by atoms with Crippen LogP contribution in [0.4, 0.5) is 0 Å². The van der Waals surface area contributed by atoms with Gasteiger partial charge < -0.3 is 5.73 Å². The van der Waals surface area contributed by atoms with E-state index in [2.05, 4.69) is 18.7 Å². The second kappa shape index (κ2) is 6.19. The van der Waals surface area contributed by atoms with Crippen LogP contribution in [0.1, 0.15) is 58.8 Å². The van der Waals surface area contributed by atoms with Crippen molar-refractivity contribution in [1.29, 1.82) is 0 Å². The van der Waals surface area contributed by atoms with Crippen LogP contribution in [0, 0.1) is 11.8 Å². The fourth-order valence-electron chi connectivity index (χ4n) is 3.94. The summed E-state index contributed by atoms with van der Waals surface area (Å²) in [6.45, 7) is 7.04. The van der Waals surface area contributed by atoms with Crippen molar-refractivity contribution in [3.8, 4) is 0 Å². The predicted octanol–water partition coefficient (Wildman–Crippen LogP) is 3.01. The van der Waals surface area contributed by atoms with Gasteiger partial charge in [0.1, 0.15) is 0 Å². The molecule has 2 rings (SSSR count). The van der Waals surface area contributed by atoms with Crippen molar-refractivity contribution in [1.82, 2.24) is 4.90 Å². The lowest BCUT2D eigenvalue weighted by Crippen LogP contribution is -2.48. The Kier molecular flexibility index (Phi) is 4.87. The van der Waals surface area contributed by atoms with Crippen molar-refractivity contribution in [2.45, 2.75) is 70.9 Å². The summed E-state index contributed by atoms with van der Waals surface area (Å²) >= 11 is 0. The molecule has 0 bridgehead atoms. The lowest BCUT2D eigenvalue weighted by molar-refractivity contribution is 0.0596. The van der Waals surface area contributed by atoms with E-state index in [-0.39, 0.29) is 0 Å². The molecule has 4 atom stereocenters. The summed E-state index contributed by atoms with van der Waals surface area (Å²) in [4.78, 5) is 2.77. The number of nitrogens with zero attached hydrogens (tertiary/aromatic N) is 1. The summed E-state index contributed by atoms with van der Waals surface area (Å²) in [6, 6.07) is 1.58. The summed E-state index contributed by atoms with van der Waals surface area (Å²) in [5.74, 6) is 1.67. The van der Waals surface area contributed by atoms with E-state index in [1.165, 1.54) is 51.5 Å². The Hall–Kier alpha value is -0.0800. The minimum absolute atomic E-state index is 0.791. The van der Waals surface area contributed by atoms with Gasteiger partial charge >= 0.3 is 0 Å². The van der Waals surface area contributed by atoms with Gasteiger partial charge in [-0.15, -0.1) is 0 Å². The van der Waals surface area contributed by atoms with Gasteiger partial charge in [-0.3, -0.25) is 4.90 Å². The van der Waals surface area contributed by atoms with E-state index in [4.69, 9.17) is 5.73 Å². The molecule has 1 saturated heterocycles. The van der Waals surface area contributed by atoms with Crippen LogP contribution in [0.2, 0.25) is 0 Å². The zero-order valence-corrected chi connectivity index (χ0v) is 11.7. The van der Waals surface area contributed by atoms with Gasteiger partial charge in [0, 0.05) is 18.6 Å². The van der Waals surface area contributed by atoms with Gasteiger partial charge in [0.25, 0.3) is 0 Å². The standard InChI is InChI=1S/C15H30N2/c1-12-6-5-7-13(2)17(12)11-15-9-4-3-8-14(15)10-16/h12-15H,3-11,16H2,1-2H3. The van der Waals surface area contributed by atoms with E-state index >= 15 is 0 Å². The molecule has 2 heteroatoms. The van der Waals surface area contributed by atoms with E-state index in [1.54, 1.807) is 0 Å². The van der Waals surface area contributed by atoms with Crippen molar-refractivity contribution in [3.63, 3.8) is 0 Å². The van der Waals surface area contributed by atoms with Gasteiger partial charge in [-0.05, 0) is 57.9 Å². The van der Waals surface area contributed by atoms with E-state index in [0.717, 1.165) is 30.5 Å². The minimum Gasteiger partial charge on any atom is -0.330 e. The van der Waals surface area contributed by atoms with E-state index in [9.17, 15) is 0 Å². The van der Waals surface area contributed by atoms with Gasteiger partial charge in [0.2, 0.25) is 0 Å². The maximum atomic E-state index is 5.95. The average molecular weight is 238 g/mol. The molecule has 1 saturated carbocycles. The van der Waals surface area contributed by atoms with Crippen LogP contribution in [0.25, 0.3) is 0 Å². The first-order chi connectivity index (χ1) is 8.22. The highest BCUT2D eigenvalue weighted by Crippen LogP contribution is 2.32. The first-order valence-electron chi connectivity index (χ1n) is 7.68. The summed E-state index contributed by atoms with van der Waals surface area (Å²) < 4.78 is 0. The Morgan fingerprint density at radius 2 is 1.47 bits per heavy atom. The fourth-order valence-corrected chi connectivity index (χ4v) is 3.94. The third-order valence-corrected chi connectivity index (χ3v) is 5.19. The summed E-state index contributed by atoms with van der Waals surface area (Å²) in [6.07, 6.45) is 9.83. The largest absolute Gasteiger partial charge is 0.330 e. The zero-order valence-electron chi connectivity index (χ0n) is 11.7. The van der Waals surface area contributed by atoms with Crippen molar-refractivity contribution in [2.75, 3.05) is 13.1 Å². The summed E-state index contributed by atoms with van der Waals surface area (Å²) in [7, 11) is 0. The van der Waals surface area contributed by atoms with Crippen LogP contribution in [0.3, 0.4) is 0 Å². The van der Waals surface area contributed by atoms with Gasteiger partial charge in [-0.2, -0.15) is 0 Å². The normalized spacial score (nSPS) is 40.4. The quantitative estimate of drug-likeness (QED) is 0.819. The Balaban J connectivity index is 1.93. The second-order valence-electron chi connectivity index (χ2n) is 6.37. The molecular weight excluding hydrogens is 208 g/mol. The van der Waals surface area contributed by atoms with Gasteiger partial charge in [0.05, 0.1) is 0 Å². The summed E-state index contributed by atoms with van der Waals surface area (Å²) in [5.41, 5.74) is 5.95. The van der Waals surface area contributed by atoms with Crippen molar-refractivity contribution in [3.05, 3.63) is 0 Å². The van der Waals surface area contributed by atoms with Crippen molar-refractivity contribution in [2.24, 2.45) is 17.6 Å². The Labute approximate surface area is 107 Å². The lowest BCUT2D eigenvalue weighted by atomic mass is 9.78. The van der Waals surface area contributed by atoms with Gasteiger partial charge in [-0.1, -0.05) is 19.3 Å². The number of likely N-dealkylation sites (tertiary alicyclic amines) is 1. The van der Waals surface area contributed by atoms with E-state index < -0.39 is 0 Å². The third kappa shape index (κ3) is 3.23. The SMILES string of the molecule is CC1CCCC(C)N1CC1CCCCC1CN. The molecule has 0 radical (unpaired) electrons. The number of hydrogen-bond donors (Lipinski definition) is 1. The second-order valence-corrected chi connectivity index (χ2v) is 6.37. The van der Waals surface area contributed by atoms with E-state index in [0.29, 0.717) is 0 Å². The van der Waals surface area contributed by atoms with Crippen LogP contribution < -0.4 is 5.73 Å². The maximum Gasteiger partial charge on any atom is 0.00698 e. The number of rotatable bonds is 3. The average Bonchev–Trinajstić information content (AvgIpc) is 2.34. The molecule has 17 heavy (non-hydrogen) atoms. The van der Waals surface area contributed by atoms with Gasteiger partial charge in [-0.25, -0.2) is 0 Å². The maximum absolute atomic E-state index is 5.95. The van der Waals surface area contributed by atoms with Crippen LogP contribution >= 0.6 is 0 Å².